The molecule has 0 radical (unpaired) electrons. The molecule has 1 aromatic heterocycles. The highest BCUT2D eigenvalue weighted by molar-refractivity contribution is 8.17. The second kappa shape index (κ2) is 11.0. The van der Waals surface area contributed by atoms with Crippen LogP contribution in [0.2, 0.25) is 0 Å². The highest BCUT2D eigenvalue weighted by atomic mass is 32.2. The Kier molecular flexibility index (Phi) is 7.51. The summed E-state index contributed by atoms with van der Waals surface area (Å²) in [6.45, 7) is -0.683. The van der Waals surface area contributed by atoms with Gasteiger partial charge in [0.1, 0.15) is 29.9 Å². The van der Waals surface area contributed by atoms with E-state index in [1.807, 2.05) is 0 Å². The number of fused-ring (bicyclic) bond motifs is 2. The topological polar surface area (TPSA) is 75.5 Å². The molecule has 0 aliphatic carbocycles. The summed E-state index contributed by atoms with van der Waals surface area (Å²) < 4.78 is 85.7. The molecule has 2 fully saturated rings. The molecular weight excluding hydrogens is 598 g/mol. The number of aryl methyl sites for hydroxylation is 1. The Morgan fingerprint density at radius 1 is 1.05 bits per heavy atom. The molecule has 3 aliphatic heterocycles. The maximum atomic E-state index is 15.0. The molecule has 0 N–H and O–H groups in total. The quantitative estimate of drug-likeness (QED) is 0.257. The van der Waals surface area contributed by atoms with E-state index in [-0.39, 0.29) is 70.5 Å². The molecule has 1 amide bonds. The fraction of sp³-hybridized carbons (Fsp3) is 0.379. The predicted molar refractivity (Wildman–Crippen MR) is 148 cm³/mol. The van der Waals surface area contributed by atoms with Gasteiger partial charge >= 0.3 is 11.9 Å². The number of anilines is 1. The van der Waals surface area contributed by atoms with Gasteiger partial charge in [-0.25, -0.2) is 18.0 Å². The van der Waals surface area contributed by atoms with Crippen LogP contribution in [-0.4, -0.2) is 63.7 Å². The lowest BCUT2D eigenvalue weighted by Crippen LogP contribution is -2.64. The number of ketones is 1. The van der Waals surface area contributed by atoms with Crippen LogP contribution in [0.15, 0.2) is 57.1 Å². The van der Waals surface area contributed by atoms with Gasteiger partial charge in [0, 0.05) is 59.8 Å². The highest BCUT2D eigenvalue weighted by Crippen LogP contribution is 2.52. The van der Waals surface area contributed by atoms with Crippen molar-refractivity contribution in [1.82, 2.24) is 14.5 Å². The summed E-state index contributed by atoms with van der Waals surface area (Å²) in [5.74, 6) is -2.00. The summed E-state index contributed by atoms with van der Waals surface area (Å²) in [6, 6.07) is 3.55. The van der Waals surface area contributed by atoms with Gasteiger partial charge in [0.25, 0.3) is 0 Å². The normalized spacial score (nSPS) is 23.2. The molecule has 14 heteroatoms. The van der Waals surface area contributed by atoms with Crippen LogP contribution >= 0.6 is 10.9 Å². The van der Waals surface area contributed by atoms with Crippen molar-refractivity contribution in [3.63, 3.8) is 0 Å². The first-order valence-corrected chi connectivity index (χ1v) is 15.2. The number of piperazine rings is 1. The summed E-state index contributed by atoms with van der Waals surface area (Å²) >= 11 is 0. The lowest BCUT2D eigenvalue weighted by molar-refractivity contribution is -0.139. The van der Waals surface area contributed by atoms with Crippen LogP contribution in [0.3, 0.4) is 0 Å². The minimum Gasteiger partial charge on any atom is -0.352 e. The Labute approximate surface area is 244 Å². The summed E-state index contributed by atoms with van der Waals surface area (Å²) in [4.78, 5) is 46.3. The summed E-state index contributed by atoms with van der Waals surface area (Å²) in [5.41, 5.74) is -1.48. The molecule has 0 spiro atoms. The standard InChI is InChI=1S/C29H26F6N4O3S/c30-6-1-3-25(41)39-18-12-20(40)13-19(39)15-37(14-18)27-21-9-16(29(33,34)35)10-24-26(21)38(28(42)36-27)7-2-8-43(24)23-5-4-17(31)11-22(23)32/h1,3-5,9-11,18-19,43H,2,6-8,12-15H2/b3-1+. The number of rotatable bonds is 4. The maximum Gasteiger partial charge on any atom is 0.416 e. The van der Waals surface area contributed by atoms with Crippen molar-refractivity contribution >= 4 is 39.3 Å². The highest BCUT2D eigenvalue weighted by Gasteiger charge is 2.44. The van der Waals surface area contributed by atoms with Crippen molar-refractivity contribution < 1.29 is 35.9 Å². The first-order valence-electron chi connectivity index (χ1n) is 13.7. The fourth-order valence-electron chi connectivity index (χ4n) is 6.41. The Morgan fingerprint density at radius 2 is 1.77 bits per heavy atom. The molecular formula is C29H26F6N4O3S. The van der Waals surface area contributed by atoms with Gasteiger partial charge in [0.15, 0.2) is 0 Å². The number of aromatic nitrogens is 2. The van der Waals surface area contributed by atoms with Crippen LogP contribution in [0.25, 0.3) is 10.9 Å². The third-order valence-electron chi connectivity index (χ3n) is 8.09. The number of halogens is 6. The van der Waals surface area contributed by atoms with Crippen LogP contribution < -0.4 is 10.6 Å². The van der Waals surface area contributed by atoms with Crippen molar-refractivity contribution in [2.24, 2.45) is 0 Å². The van der Waals surface area contributed by atoms with Gasteiger partial charge in [0.2, 0.25) is 5.91 Å². The summed E-state index contributed by atoms with van der Waals surface area (Å²) in [7, 11) is -1.76. The Hall–Kier alpha value is -3.81. The molecule has 3 atom stereocenters. The van der Waals surface area contributed by atoms with Gasteiger partial charge in [-0.2, -0.15) is 29.1 Å². The van der Waals surface area contributed by atoms with Gasteiger partial charge in [-0.05, 0) is 42.5 Å². The van der Waals surface area contributed by atoms with E-state index in [1.165, 1.54) is 15.5 Å². The van der Waals surface area contributed by atoms with E-state index in [2.05, 4.69) is 4.98 Å². The number of alkyl halides is 4. The number of piperidine rings is 1. The van der Waals surface area contributed by atoms with Crippen molar-refractivity contribution in [2.75, 3.05) is 30.4 Å². The smallest absolute Gasteiger partial charge is 0.352 e. The first kappa shape index (κ1) is 29.3. The summed E-state index contributed by atoms with van der Waals surface area (Å²) in [5, 5.41) is 0.0443. The van der Waals surface area contributed by atoms with Crippen LogP contribution in [0.4, 0.5) is 32.2 Å². The third kappa shape index (κ3) is 5.30. The minimum atomic E-state index is -4.78. The molecule has 3 unspecified atom stereocenters. The van der Waals surface area contributed by atoms with Crippen LogP contribution in [0.1, 0.15) is 24.8 Å². The Morgan fingerprint density at radius 3 is 2.42 bits per heavy atom. The molecule has 2 aromatic carbocycles. The number of benzene rings is 2. The van der Waals surface area contributed by atoms with Crippen molar-refractivity contribution in [1.29, 1.82) is 0 Å². The zero-order valence-corrected chi connectivity index (χ0v) is 23.5. The molecule has 228 valence electrons. The third-order valence-corrected chi connectivity index (χ3v) is 10.7. The van der Waals surface area contributed by atoms with Crippen LogP contribution in [0.5, 0.6) is 0 Å². The zero-order valence-electron chi connectivity index (χ0n) is 22.6. The Balaban J connectivity index is 1.54. The molecule has 7 nitrogen and oxygen atoms in total. The average molecular weight is 625 g/mol. The number of hydrogen-bond donors (Lipinski definition) is 1. The predicted octanol–water partition coefficient (Wildman–Crippen LogP) is 4.79. The van der Waals surface area contributed by atoms with E-state index in [1.54, 1.807) is 4.90 Å². The number of carbonyl (C=O) groups excluding carboxylic acids is 2. The largest absolute Gasteiger partial charge is 0.416 e. The summed E-state index contributed by atoms with van der Waals surface area (Å²) in [6.07, 6.45) is -2.29. The minimum absolute atomic E-state index is 0.00853. The number of nitrogens with zero attached hydrogens (tertiary/aromatic N) is 4. The van der Waals surface area contributed by atoms with Crippen molar-refractivity contribution in [2.45, 2.75) is 53.9 Å². The molecule has 43 heavy (non-hydrogen) atoms. The van der Waals surface area contributed by atoms with E-state index in [4.69, 9.17) is 0 Å². The maximum absolute atomic E-state index is 15.0. The number of hydrogen-bond acceptors (Lipinski definition) is 5. The average Bonchev–Trinajstić information content (AvgIpc) is 3.13. The molecule has 6 rings (SSSR count). The molecule has 4 heterocycles. The van der Waals surface area contributed by atoms with Crippen LogP contribution in [0, 0.1) is 11.6 Å². The van der Waals surface area contributed by atoms with E-state index in [0.29, 0.717) is 12.5 Å². The van der Waals surface area contributed by atoms with E-state index in [0.717, 1.165) is 30.4 Å². The van der Waals surface area contributed by atoms with Gasteiger partial charge in [-0.3, -0.25) is 14.2 Å². The SMILES string of the molecule is O=C1CC2CN(c3nc(=O)n4c5c(cc(C(F)(F)F)cc35)[SH](c3ccc(F)cc3F)CCC4)CC(C1)N2C(=O)/C=C/CF. The van der Waals surface area contributed by atoms with Crippen molar-refractivity contribution in [3.8, 4) is 0 Å². The molecule has 2 bridgehead atoms. The lowest BCUT2D eigenvalue weighted by Gasteiger charge is -2.49. The number of Topliss-reactive ketones (excluding diaryl/α,β-unsaturated/α-hetero) is 1. The van der Waals surface area contributed by atoms with Gasteiger partial charge in [-0.15, -0.1) is 0 Å². The van der Waals surface area contributed by atoms with Gasteiger partial charge in [-0.1, -0.05) is 0 Å². The van der Waals surface area contributed by atoms with Crippen LogP contribution in [-0.2, 0) is 22.3 Å². The van der Waals surface area contributed by atoms with Crippen molar-refractivity contribution in [3.05, 3.63) is 70.2 Å². The zero-order chi connectivity index (χ0) is 30.6. The van der Waals surface area contributed by atoms with E-state index in [9.17, 15) is 36.3 Å². The molecule has 3 aromatic rings. The first-order chi connectivity index (χ1) is 20.5. The second-order valence-electron chi connectivity index (χ2n) is 10.8. The molecule has 3 aliphatic rings. The fourth-order valence-corrected chi connectivity index (χ4v) is 8.98. The molecule has 2 saturated heterocycles. The molecule has 0 saturated carbocycles. The van der Waals surface area contributed by atoms with E-state index < -0.39 is 64.6 Å². The number of allylic oxidation sites excluding steroid dienone is 1. The monoisotopic (exact) mass is 624 g/mol. The number of amides is 1. The lowest BCUT2D eigenvalue weighted by atomic mass is 9.89. The second-order valence-corrected chi connectivity index (χ2v) is 13.1. The number of carbonyl (C=O) groups is 2. The van der Waals surface area contributed by atoms with Gasteiger partial charge in [0.05, 0.1) is 23.2 Å². The van der Waals surface area contributed by atoms with Gasteiger partial charge < -0.3 is 9.80 Å². The Bertz CT molecular complexity index is 1710. The van der Waals surface area contributed by atoms with E-state index >= 15 is 4.39 Å². The number of thiol groups is 1.